The Morgan fingerprint density at radius 2 is 1.74 bits per heavy atom. The fraction of sp³-hybridized carbons (Fsp3) is 0.263. The molecule has 2 aromatic rings. The summed E-state index contributed by atoms with van der Waals surface area (Å²) < 4.78 is 47.5. The summed E-state index contributed by atoms with van der Waals surface area (Å²) in [6.45, 7) is 1.20. The number of halogens is 1. The van der Waals surface area contributed by atoms with Crippen molar-refractivity contribution in [3.8, 4) is 5.75 Å². The van der Waals surface area contributed by atoms with Gasteiger partial charge in [-0.2, -0.15) is 0 Å². The Kier molecular flexibility index (Phi) is 6.68. The van der Waals surface area contributed by atoms with Crippen LogP contribution in [0.5, 0.6) is 5.75 Å². The zero-order chi connectivity index (χ0) is 20.0. The Labute approximate surface area is 156 Å². The number of rotatable bonds is 8. The highest BCUT2D eigenvalue weighted by Crippen LogP contribution is 2.20. The molecule has 0 spiro atoms. The van der Waals surface area contributed by atoms with Crippen molar-refractivity contribution >= 4 is 21.6 Å². The van der Waals surface area contributed by atoms with E-state index in [2.05, 4.69) is 0 Å². The van der Waals surface area contributed by atoms with E-state index in [-0.39, 0.29) is 16.2 Å². The molecule has 144 valence electrons. The third-order valence-corrected chi connectivity index (χ3v) is 5.51. The molecule has 0 aliphatic rings. The first-order valence-corrected chi connectivity index (χ1v) is 9.70. The van der Waals surface area contributed by atoms with E-state index < -0.39 is 46.2 Å². The molecule has 2 aromatic carbocycles. The lowest BCUT2D eigenvalue weighted by molar-refractivity contribution is -0.142. The minimum absolute atomic E-state index is 0.0578. The summed E-state index contributed by atoms with van der Waals surface area (Å²) in [5.74, 6) is -2.41. The second-order valence-electron chi connectivity index (χ2n) is 5.81. The van der Waals surface area contributed by atoms with Crippen molar-refractivity contribution in [1.29, 1.82) is 0 Å². The Hall–Kier alpha value is -2.74. The average Bonchev–Trinajstić information content (AvgIpc) is 2.64. The normalized spacial score (nSPS) is 11.1. The van der Waals surface area contributed by atoms with Gasteiger partial charge in [0.1, 0.15) is 11.6 Å². The maximum Gasteiger partial charge on any atom is 0.307 e. The van der Waals surface area contributed by atoms with Gasteiger partial charge in [0.2, 0.25) is 5.78 Å². The zero-order valence-electron chi connectivity index (χ0n) is 14.9. The molecule has 0 N–H and O–H groups in total. The Balaban J connectivity index is 1.92. The Morgan fingerprint density at radius 1 is 1.07 bits per heavy atom. The van der Waals surface area contributed by atoms with Gasteiger partial charge in [0.15, 0.2) is 16.4 Å². The van der Waals surface area contributed by atoms with Crippen LogP contribution in [0.4, 0.5) is 4.39 Å². The van der Waals surface area contributed by atoms with Crippen LogP contribution in [-0.4, -0.2) is 39.6 Å². The highest BCUT2D eigenvalue weighted by Gasteiger charge is 2.19. The number of aryl methyl sites for hydroxylation is 1. The highest BCUT2D eigenvalue weighted by atomic mass is 32.2. The van der Waals surface area contributed by atoms with Gasteiger partial charge in [-0.3, -0.25) is 9.59 Å². The van der Waals surface area contributed by atoms with E-state index in [0.29, 0.717) is 0 Å². The first kappa shape index (κ1) is 20.6. The first-order valence-electron chi connectivity index (χ1n) is 8.05. The first-order chi connectivity index (χ1) is 12.7. The maximum atomic E-state index is 13.3. The van der Waals surface area contributed by atoms with Gasteiger partial charge in [-0.15, -0.1) is 0 Å². The van der Waals surface area contributed by atoms with Gasteiger partial charge in [-0.1, -0.05) is 17.7 Å². The van der Waals surface area contributed by atoms with Crippen LogP contribution in [0.25, 0.3) is 0 Å². The second-order valence-corrected chi connectivity index (χ2v) is 7.92. The summed E-state index contributed by atoms with van der Waals surface area (Å²) in [5.41, 5.74) is 0.859. The summed E-state index contributed by atoms with van der Waals surface area (Å²) in [6.07, 6.45) is -0.399. The largest absolute Gasteiger partial charge is 0.496 e. The molecule has 0 saturated carbocycles. The van der Waals surface area contributed by atoms with Gasteiger partial charge in [-0.05, 0) is 37.3 Å². The molecular weight excluding hydrogens is 375 g/mol. The number of esters is 1. The number of carbonyl (C=O) groups is 2. The minimum Gasteiger partial charge on any atom is -0.496 e. The number of benzene rings is 2. The third kappa shape index (κ3) is 5.62. The molecule has 0 radical (unpaired) electrons. The molecule has 0 amide bonds. The Bertz CT molecular complexity index is 935. The standard InChI is InChI=1S/C19H19FO6S/c1-13-3-6-15(7-4-13)27(23,24)10-9-19(22)26-12-17(21)16-11-14(20)5-8-18(16)25-2/h3-8,11H,9-10,12H2,1-2H3. The smallest absolute Gasteiger partial charge is 0.307 e. The molecule has 0 atom stereocenters. The average molecular weight is 394 g/mol. The molecule has 6 nitrogen and oxygen atoms in total. The predicted octanol–water partition coefficient (Wildman–Crippen LogP) is 2.73. The number of hydrogen-bond donors (Lipinski definition) is 0. The minimum atomic E-state index is -3.63. The lowest BCUT2D eigenvalue weighted by Crippen LogP contribution is -2.18. The maximum absolute atomic E-state index is 13.3. The fourth-order valence-electron chi connectivity index (χ4n) is 2.28. The molecule has 2 rings (SSSR count). The summed E-state index contributed by atoms with van der Waals surface area (Å²) in [6, 6.07) is 9.67. The van der Waals surface area contributed by atoms with E-state index in [4.69, 9.17) is 9.47 Å². The van der Waals surface area contributed by atoms with E-state index in [1.54, 1.807) is 12.1 Å². The number of ether oxygens (including phenoxy) is 2. The molecule has 0 saturated heterocycles. The van der Waals surface area contributed by atoms with Gasteiger partial charge in [0.25, 0.3) is 0 Å². The molecule has 0 heterocycles. The predicted molar refractivity (Wildman–Crippen MR) is 96.1 cm³/mol. The van der Waals surface area contributed by atoms with Gasteiger partial charge < -0.3 is 9.47 Å². The topological polar surface area (TPSA) is 86.7 Å². The highest BCUT2D eigenvalue weighted by molar-refractivity contribution is 7.91. The Morgan fingerprint density at radius 3 is 2.37 bits per heavy atom. The van der Waals surface area contributed by atoms with Crippen LogP contribution >= 0.6 is 0 Å². The zero-order valence-corrected chi connectivity index (χ0v) is 15.7. The summed E-state index contributed by atoms with van der Waals surface area (Å²) in [5, 5.41) is 0. The molecule has 0 unspecified atom stereocenters. The van der Waals surface area contributed by atoms with Gasteiger partial charge >= 0.3 is 5.97 Å². The van der Waals surface area contributed by atoms with E-state index >= 15 is 0 Å². The number of carbonyl (C=O) groups excluding carboxylic acids is 2. The van der Waals surface area contributed by atoms with Crippen molar-refractivity contribution in [2.45, 2.75) is 18.2 Å². The van der Waals surface area contributed by atoms with Crippen LogP contribution < -0.4 is 4.74 Å². The van der Waals surface area contributed by atoms with Crippen molar-refractivity contribution in [2.24, 2.45) is 0 Å². The number of hydrogen-bond acceptors (Lipinski definition) is 6. The lowest BCUT2D eigenvalue weighted by atomic mass is 10.1. The molecular formula is C19H19FO6S. The molecule has 8 heteroatoms. The van der Waals surface area contributed by atoms with E-state index in [0.717, 1.165) is 17.7 Å². The van der Waals surface area contributed by atoms with Gasteiger partial charge in [0, 0.05) is 0 Å². The third-order valence-electron chi connectivity index (χ3n) is 3.78. The second kappa shape index (κ2) is 8.77. The van der Waals surface area contributed by atoms with Gasteiger partial charge in [0.05, 0.1) is 29.7 Å². The van der Waals surface area contributed by atoms with Crippen molar-refractivity contribution < 1.29 is 31.9 Å². The molecule has 0 aliphatic heterocycles. The lowest BCUT2D eigenvalue weighted by Gasteiger charge is -2.09. The van der Waals surface area contributed by atoms with Crippen LogP contribution in [0.3, 0.4) is 0 Å². The van der Waals surface area contributed by atoms with Crippen molar-refractivity contribution in [1.82, 2.24) is 0 Å². The van der Waals surface area contributed by atoms with Crippen molar-refractivity contribution in [3.63, 3.8) is 0 Å². The van der Waals surface area contributed by atoms with Crippen molar-refractivity contribution in [2.75, 3.05) is 19.5 Å². The molecule has 0 aromatic heterocycles. The fourth-order valence-corrected chi connectivity index (χ4v) is 3.50. The SMILES string of the molecule is COc1ccc(F)cc1C(=O)COC(=O)CCS(=O)(=O)c1ccc(C)cc1. The van der Waals surface area contributed by atoms with Crippen LogP contribution in [0, 0.1) is 12.7 Å². The van der Waals surface area contributed by atoms with E-state index in [9.17, 15) is 22.4 Å². The quantitative estimate of drug-likeness (QED) is 0.505. The van der Waals surface area contributed by atoms with Gasteiger partial charge in [-0.25, -0.2) is 12.8 Å². The number of sulfone groups is 1. The van der Waals surface area contributed by atoms with Crippen LogP contribution in [0.15, 0.2) is 47.4 Å². The molecule has 0 fully saturated rings. The monoisotopic (exact) mass is 394 g/mol. The van der Waals surface area contributed by atoms with E-state index in [1.807, 2.05) is 6.92 Å². The van der Waals surface area contributed by atoms with Crippen molar-refractivity contribution in [3.05, 3.63) is 59.4 Å². The van der Waals surface area contributed by atoms with Crippen LogP contribution in [0.1, 0.15) is 22.3 Å². The summed E-state index contributed by atoms with van der Waals surface area (Å²) in [4.78, 5) is 24.0. The number of ketones is 1. The number of methoxy groups -OCH3 is 1. The summed E-state index contributed by atoms with van der Waals surface area (Å²) in [7, 11) is -2.31. The van der Waals surface area contributed by atoms with Crippen LogP contribution in [-0.2, 0) is 19.4 Å². The van der Waals surface area contributed by atoms with Crippen LogP contribution in [0.2, 0.25) is 0 Å². The summed E-state index contributed by atoms with van der Waals surface area (Å²) >= 11 is 0. The van der Waals surface area contributed by atoms with E-state index in [1.165, 1.54) is 25.3 Å². The molecule has 0 bridgehead atoms. The molecule has 0 aliphatic carbocycles. The number of Topliss-reactive ketones (excluding diaryl/α,β-unsaturated/α-hetero) is 1. The molecule has 27 heavy (non-hydrogen) atoms.